The van der Waals surface area contributed by atoms with Gasteiger partial charge in [0.1, 0.15) is 0 Å². The van der Waals surface area contributed by atoms with Crippen LogP contribution in [0.15, 0.2) is 35.0 Å². The van der Waals surface area contributed by atoms with Gasteiger partial charge in [-0.05, 0) is 43.0 Å². The third-order valence-electron chi connectivity index (χ3n) is 6.58. The van der Waals surface area contributed by atoms with E-state index >= 15 is 0 Å². The molecule has 2 fully saturated rings. The standard InChI is InChI=1S/C23H24F3N3O2S/c1-2-31-15-22-6-7-28(21(30)17-5-8-32-13-17)11-18(22)12-29(14-22)19-4-3-16(10-27)20(9-19)23(24,25)26/h3-5,8-9,13,18H,2,6-7,11-12,14-15H2,1H3/t18-,22+/m1/s1. The number of rotatable bonds is 5. The highest BCUT2D eigenvalue weighted by atomic mass is 32.1. The molecule has 0 saturated carbocycles. The Morgan fingerprint density at radius 1 is 1.34 bits per heavy atom. The van der Waals surface area contributed by atoms with E-state index in [0.717, 1.165) is 12.5 Å². The molecular formula is C23H24F3N3O2S. The van der Waals surface area contributed by atoms with Gasteiger partial charge in [0.05, 0.1) is 29.4 Å². The van der Waals surface area contributed by atoms with Gasteiger partial charge in [-0.25, -0.2) is 0 Å². The zero-order valence-electron chi connectivity index (χ0n) is 17.7. The molecule has 1 aromatic heterocycles. The van der Waals surface area contributed by atoms with Gasteiger partial charge < -0.3 is 14.5 Å². The first-order valence-electron chi connectivity index (χ1n) is 10.5. The quantitative estimate of drug-likeness (QED) is 0.648. The summed E-state index contributed by atoms with van der Waals surface area (Å²) in [6, 6.07) is 7.33. The fraction of sp³-hybridized carbons (Fsp3) is 0.478. The summed E-state index contributed by atoms with van der Waals surface area (Å²) in [7, 11) is 0. The van der Waals surface area contributed by atoms with Gasteiger partial charge in [0.2, 0.25) is 0 Å². The molecule has 0 aliphatic carbocycles. The number of nitrogens with zero attached hydrogens (tertiary/aromatic N) is 3. The number of hydrogen-bond donors (Lipinski definition) is 0. The predicted octanol–water partition coefficient (Wildman–Crippen LogP) is 4.64. The van der Waals surface area contributed by atoms with E-state index in [0.29, 0.717) is 50.6 Å². The first-order chi connectivity index (χ1) is 15.3. The molecule has 5 nitrogen and oxygen atoms in total. The Kier molecular flexibility index (Phi) is 6.19. The van der Waals surface area contributed by atoms with E-state index in [4.69, 9.17) is 10.00 Å². The van der Waals surface area contributed by atoms with Crippen molar-refractivity contribution in [2.75, 3.05) is 44.3 Å². The molecule has 170 valence electrons. The Labute approximate surface area is 189 Å². The highest BCUT2D eigenvalue weighted by molar-refractivity contribution is 7.08. The van der Waals surface area contributed by atoms with Gasteiger partial charge in [0.15, 0.2) is 0 Å². The molecule has 2 aliphatic rings. The first-order valence-corrected chi connectivity index (χ1v) is 11.5. The number of alkyl halides is 3. The summed E-state index contributed by atoms with van der Waals surface area (Å²) in [5, 5.41) is 12.8. The lowest BCUT2D eigenvalue weighted by Crippen LogP contribution is -2.51. The minimum Gasteiger partial charge on any atom is -0.381 e. The number of ether oxygens (including phenoxy) is 1. The van der Waals surface area contributed by atoms with Crippen molar-refractivity contribution in [2.24, 2.45) is 11.3 Å². The number of fused-ring (bicyclic) bond motifs is 1. The minimum atomic E-state index is -4.60. The van der Waals surface area contributed by atoms with Gasteiger partial charge >= 0.3 is 6.18 Å². The van der Waals surface area contributed by atoms with Gasteiger partial charge in [-0.2, -0.15) is 29.8 Å². The first kappa shape index (κ1) is 22.6. The molecule has 0 N–H and O–H groups in total. The van der Waals surface area contributed by atoms with Crippen LogP contribution in [0.25, 0.3) is 0 Å². The molecule has 0 bridgehead atoms. The lowest BCUT2D eigenvalue weighted by atomic mass is 9.73. The van der Waals surface area contributed by atoms with E-state index in [1.165, 1.54) is 17.4 Å². The van der Waals surface area contributed by atoms with Crippen molar-refractivity contribution in [1.29, 1.82) is 5.26 Å². The summed E-state index contributed by atoms with van der Waals surface area (Å²) >= 11 is 1.48. The fourth-order valence-corrected chi connectivity index (χ4v) is 5.46. The van der Waals surface area contributed by atoms with Crippen molar-refractivity contribution in [1.82, 2.24) is 4.90 Å². The zero-order valence-corrected chi connectivity index (χ0v) is 18.5. The molecule has 2 aromatic rings. The van der Waals surface area contributed by atoms with E-state index in [1.54, 1.807) is 12.1 Å². The van der Waals surface area contributed by atoms with E-state index in [-0.39, 0.29) is 22.8 Å². The van der Waals surface area contributed by atoms with Crippen LogP contribution in [-0.2, 0) is 10.9 Å². The number of thiophene rings is 1. The Morgan fingerprint density at radius 2 is 2.16 bits per heavy atom. The van der Waals surface area contributed by atoms with Gasteiger partial charge in [-0.15, -0.1) is 0 Å². The minimum absolute atomic E-state index is 0.00700. The van der Waals surface area contributed by atoms with Crippen LogP contribution >= 0.6 is 11.3 Å². The summed E-state index contributed by atoms with van der Waals surface area (Å²) in [4.78, 5) is 16.7. The number of amides is 1. The van der Waals surface area contributed by atoms with Crippen molar-refractivity contribution in [2.45, 2.75) is 19.5 Å². The topological polar surface area (TPSA) is 56.6 Å². The Morgan fingerprint density at radius 3 is 2.81 bits per heavy atom. The molecule has 9 heteroatoms. The van der Waals surface area contributed by atoms with Crippen LogP contribution in [0.3, 0.4) is 0 Å². The highest BCUT2D eigenvalue weighted by Crippen LogP contribution is 2.45. The largest absolute Gasteiger partial charge is 0.417 e. The smallest absolute Gasteiger partial charge is 0.381 e. The fourth-order valence-electron chi connectivity index (χ4n) is 4.83. The summed E-state index contributed by atoms with van der Waals surface area (Å²) in [6.07, 6.45) is -3.87. The molecule has 2 atom stereocenters. The van der Waals surface area contributed by atoms with Crippen molar-refractivity contribution < 1.29 is 22.7 Å². The summed E-state index contributed by atoms with van der Waals surface area (Å²) in [5.74, 6) is 0.0720. The van der Waals surface area contributed by atoms with Crippen molar-refractivity contribution in [3.63, 3.8) is 0 Å². The maximum Gasteiger partial charge on any atom is 0.417 e. The van der Waals surface area contributed by atoms with Crippen LogP contribution in [0.4, 0.5) is 18.9 Å². The summed E-state index contributed by atoms with van der Waals surface area (Å²) < 4.78 is 46.2. The monoisotopic (exact) mass is 463 g/mol. The number of halogens is 3. The second-order valence-corrected chi connectivity index (χ2v) is 9.21. The van der Waals surface area contributed by atoms with Gasteiger partial charge in [0, 0.05) is 55.2 Å². The van der Waals surface area contributed by atoms with Crippen LogP contribution in [-0.4, -0.2) is 50.2 Å². The molecule has 0 unspecified atom stereocenters. The average molecular weight is 464 g/mol. The van der Waals surface area contributed by atoms with E-state index in [9.17, 15) is 18.0 Å². The molecule has 4 rings (SSSR count). The molecule has 3 heterocycles. The molecular weight excluding hydrogens is 439 g/mol. The number of benzene rings is 1. The van der Waals surface area contributed by atoms with Crippen LogP contribution in [0.2, 0.25) is 0 Å². The normalized spacial score (nSPS) is 23.2. The maximum atomic E-state index is 13.5. The molecule has 32 heavy (non-hydrogen) atoms. The van der Waals surface area contributed by atoms with Crippen LogP contribution in [0.1, 0.15) is 34.8 Å². The van der Waals surface area contributed by atoms with Crippen LogP contribution in [0, 0.1) is 22.7 Å². The van der Waals surface area contributed by atoms with Crippen LogP contribution < -0.4 is 4.90 Å². The van der Waals surface area contributed by atoms with E-state index in [2.05, 4.69) is 0 Å². The molecule has 2 saturated heterocycles. The van der Waals surface area contributed by atoms with Crippen LogP contribution in [0.5, 0.6) is 0 Å². The number of carbonyl (C=O) groups is 1. The molecule has 1 amide bonds. The third kappa shape index (κ3) is 4.21. The Bertz CT molecular complexity index is 1020. The maximum absolute atomic E-state index is 13.5. The number of piperidine rings is 1. The summed E-state index contributed by atoms with van der Waals surface area (Å²) in [6.45, 7) is 5.21. The Balaban J connectivity index is 1.60. The average Bonchev–Trinajstić information content (AvgIpc) is 3.44. The number of hydrogen-bond acceptors (Lipinski definition) is 5. The molecule has 0 radical (unpaired) electrons. The van der Waals surface area contributed by atoms with E-state index in [1.807, 2.05) is 33.6 Å². The van der Waals surface area contributed by atoms with Crippen molar-refractivity contribution in [3.05, 3.63) is 51.7 Å². The van der Waals surface area contributed by atoms with Crippen molar-refractivity contribution >= 4 is 22.9 Å². The summed E-state index contributed by atoms with van der Waals surface area (Å²) in [5.41, 5.74) is -0.412. The van der Waals surface area contributed by atoms with E-state index < -0.39 is 11.7 Å². The number of anilines is 1. The van der Waals surface area contributed by atoms with Gasteiger partial charge in [-0.1, -0.05) is 0 Å². The Hall–Kier alpha value is -2.57. The number of carbonyl (C=O) groups excluding carboxylic acids is 1. The lowest BCUT2D eigenvalue weighted by Gasteiger charge is -2.43. The second-order valence-electron chi connectivity index (χ2n) is 8.43. The van der Waals surface area contributed by atoms with Gasteiger partial charge in [-0.3, -0.25) is 4.79 Å². The lowest BCUT2D eigenvalue weighted by molar-refractivity contribution is -0.137. The molecule has 2 aliphatic heterocycles. The molecule has 0 spiro atoms. The SMILES string of the molecule is CCOC[C@@]12CCN(C(=O)c3ccsc3)C[C@@H]1CN(c1ccc(C#N)c(C(F)(F)F)c1)C2. The third-order valence-corrected chi connectivity index (χ3v) is 7.26. The predicted molar refractivity (Wildman–Crippen MR) is 116 cm³/mol. The van der Waals surface area contributed by atoms with Gasteiger partial charge in [0.25, 0.3) is 5.91 Å². The number of likely N-dealkylation sites (tertiary alicyclic amines) is 1. The molecule has 1 aromatic carbocycles. The second kappa shape index (κ2) is 8.75. The number of nitriles is 1. The zero-order chi connectivity index (χ0) is 22.9. The highest BCUT2D eigenvalue weighted by Gasteiger charge is 2.50. The van der Waals surface area contributed by atoms with Crippen molar-refractivity contribution in [3.8, 4) is 6.07 Å².